The molecule has 0 aromatic carbocycles. The van der Waals surface area contributed by atoms with Crippen LogP contribution < -0.4 is 10.6 Å². The van der Waals surface area contributed by atoms with Crippen molar-refractivity contribution in [2.75, 3.05) is 44.6 Å². The van der Waals surface area contributed by atoms with Crippen LogP contribution in [0, 0.1) is 6.92 Å². The van der Waals surface area contributed by atoms with Gasteiger partial charge in [0.2, 0.25) is 0 Å². The molecule has 0 bridgehead atoms. The third kappa shape index (κ3) is 5.15. The third-order valence-corrected chi connectivity index (χ3v) is 5.01. The Morgan fingerprint density at radius 3 is 2.74 bits per heavy atom. The SMILES string of the molecule is Cc1nc(NCCN2CCCCCC2)cc(C2CCCNC2)n1. The molecule has 23 heavy (non-hydrogen) atoms. The highest BCUT2D eigenvalue weighted by Gasteiger charge is 2.17. The van der Waals surface area contributed by atoms with Crippen molar-refractivity contribution in [2.24, 2.45) is 0 Å². The first kappa shape index (κ1) is 16.7. The Morgan fingerprint density at radius 2 is 2.00 bits per heavy atom. The summed E-state index contributed by atoms with van der Waals surface area (Å²) in [5, 5.41) is 7.00. The molecule has 5 heteroatoms. The molecule has 2 saturated heterocycles. The number of rotatable bonds is 5. The van der Waals surface area contributed by atoms with Crippen molar-refractivity contribution >= 4 is 5.82 Å². The molecule has 2 aliphatic heterocycles. The molecule has 2 N–H and O–H groups in total. The van der Waals surface area contributed by atoms with Crippen LogP contribution in [0.25, 0.3) is 0 Å². The number of hydrogen-bond acceptors (Lipinski definition) is 5. The van der Waals surface area contributed by atoms with E-state index >= 15 is 0 Å². The second kappa shape index (κ2) is 8.60. The first-order valence-electron chi connectivity index (χ1n) is 9.34. The van der Waals surface area contributed by atoms with E-state index in [1.807, 2.05) is 6.92 Å². The van der Waals surface area contributed by atoms with Crippen LogP contribution in [0.15, 0.2) is 6.07 Å². The number of nitrogens with zero attached hydrogens (tertiary/aromatic N) is 3. The first-order chi connectivity index (χ1) is 11.3. The van der Waals surface area contributed by atoms with E-state index in [1.54, 1.807) is 0 Å². The predicted molar refractivity (Wildman–Crippen MR) is 95.0 cm³/mol. The molecule has 0 spiro atoms. The van der Waals surface area contributed by atoms with Gasteiger partial charge < -0.3 is 15.5 Å². The number of piperidine rings is 1. The summed E-state index contributed by atoms with van der Waals surface area (Å²) in [6.45, 7) is 8.78. The summed E-state index contributed by atoms with van der Waals surface area (Å²) < 4.78 is 0. The average Bonchev–Trinajstić information content (AvgIpc) is 2.84. The van der Waals surface area contributed by atoms with Crippen molar-refractivity contribution in [3.63, 3.8) is 0 Å². The number of nitrogens with one attached hydrogen (secondary N) is 2. The standard InChI is InChI=1S/C18H31N5/c1-15-21-17(16-7-6-8-19-14-16)13-18(22-15)20-9-12-23-10-4-2-3-5-11-23/h13,16,19H,2-12,14H2,1H3,(H,20,21,22). The minimum Gasteiger partial charge on any atom is -0.369 e. The van der Waals surface area contributed by atoms with Crippen LogP contribution in [0.4, 0.5) is 5.82 Å². The van der Waals surface area contributed by atoms with E-state index in [1.165, 1.54) is 57.3 Å². The number of aromatic nitrogens is 2. The quantitative estimate of drug-likeness (QED) is 0.874. The molecule has 3 heterocycles. The zero-order valence-corrected chi connectivity index (χ0v) is 14.5. The van der Waals surface area contributed by atoms with E-state index in [0.29, 0.717) is 5.92 Å². The van der Waals surface area contributed by atoms with Crippen LogP contribution in [-0.4, -0.2) is 54.1 Å². The number of likely N-dealkylation sites (tertiary alicyclic amines) is 1. The molecular weight excluding hydrogens is 286 g/mol. The predicted octanol–water partition coefficient (Wildman–Crippen LogP) is 2.54. The molecule has 0 saturated carbocycles. The van der Waals surface area contributed by atoms with Gasteiger partial charge in [0.05, 0.1) is 5.69 Å². The van der Waals surface area contributed by atoms with Crippen molar-refractivity contribution in [2.45, 2.75) is 51.4 Å². The van der Waals surface area contributed by atoms with Crippen LogP contribution in [0.5, 0.6) is 0 Å². The zero-order valence-electron chi connectivity index (χ0n) is 14.5. The van der Waals surface area contributed by atoms with Crippen molar-refractivity contribution in [1.29, 1.82) is 0 Å². The van der Waals surface area contributed by atoms with Gasteiger partial charge in [-0.05, 0) is 52.2 Å². The van der Waals surface area contributed by atoms with E-state index in [2.05, 4.69) is 31.6 Å². The minimum absolute atomic E-state index is 0.539. The largest absolute Gasteiger partial charge is 0.369 e. The lowest BCUT2D eigenvalue weighted by atomic mass is 9.96. The molecule has 0 radical (unpaired) electrons. The first-order valence-corrected chi connectivity index (χ1v) is 9.34. The summed E-state index contributed by atoms with van der Waals surface area (Å²) in [4.78, 5) is 11.8. The Hall–Kier alpha value is -1.20. The molecule has 128 valence electrons. The normalized spacial score (nSPS) is 23.4. The van der Waals surface area contributed by atoms with E-state index in [0.717, 1.165) is 37.8 Å². The van der Waals surface area contributed by atoms with Gasteiger partial charge in [-0.25, -0.2) is 9.97 Å². The fourth-order valence-electron chi connectivity index (χ4n) is 3.70. The second-order valence-corrected chi connectivity index (χ2v) is 6.95. The smallest absolute Gasteiger partial charge is 0.129 e. The van der Waals surface area contributed by atoms with Gasteiger partial charge in [-0.3, -0.25) is 0 Å². The van der Waals surface area contributed by atoms with Gasteiger partial charge in [0.1, 0.15) is 11.6 Å². The van der Waals surface area contributed by atoms with E-state index in [-0.39, 0.29) is 0 Å². The third-order valence-electron chi connectivity index (χ3n) is 5.01. The van der Waals surface area contributed by atoms with Crippen LogP contribution in [0.1, 0.15) is 56.0 Å². The maximum Gasteiger partial charge on any atom is 0.129 e. The highest BCUT2D eigenvalue weighted by Crippen LogP contribution is 2.23. The summed E-state index contributed by atoms with van der Waals surface area (Å²) in [7, 11) is 0. The molecule has 1 atom stereocenters. The Labute approximate surface area is 140 Å². The molecule has 1 aromatic heterocycles. The Morgan fingerprint density at radius 1 is 1.17 bits per heavy atom. The van der Waals surface area contributed by atoms with Gasteiger partial charge in [0, 0.05) is 31.6 Å². The fourth-order valence-corrected chi connectivity index (χ4v) is 3.70. The van der Waals surface area contributed by atoms with E-state index in [9.17, 15) is 0 Å². The van der Waals surface area contributed by atoms with Crippen molar-refractivity contribution in [3.8, 4) is 0 Å². The van der Waals surface area contributed by atoms with E-state index < -0.39 is 0 Å². The van der Waals surface area contributed by atoms with Crippen molar-refractivity contribution in [3.05, 3.63) is 17.6 Å². The van der Waals surface area contributed by atoms with Gasteiger partial charge in [-0.15, -0.1) is 0 Å². The number of hydrogen-bond donors (Lipinski definition) is 2. The average molecular weight is 317 g/mol. The van der Waals surface area contributed by atoms with Crippen LogP contribution in [-0.2, 0) is 0 Å². The van der Waals surface area contributed by atoms with Crippen LogP contribution in [0.3, 0.4) is 0 Å². The lowest BCUT2D eigenvalue weighted by Crippen LogP contribution is -2.30. The highest BCUT2D eigenvalue weighted by atomic mass is 15.1. The summed E-state index contributed by atoms with van der Waals surface area (Å²) in [6.07, 6.45) is 7.97. The van der Waals surface area contributed by atoms with Gasteiger partial charge in [-0.2, -0.15) is 0 Å². The Balaban J connectivity index is 1.53. The Bertz CT molecular complexity index is 476. The van der Waals surface area contributed by atoms with Crippen molar-refractivity contribution < 1.29 is 0 Å². The highest BCUT2D eigenvalue weighted by molar-refractivity contribution is 5.37. The van der Waals surface area contributed by atoms with E-state index in [4.69, 9.17) is 0 Å². The maximum absolute atomic E-state index is 4.67. The number of aryl methyl sites for hydroxylation is 1. The minimum atomic E-state index is 0.539. The lowest BCUT2D eigenvalue weighted by molar-refractivity contribution is 0.296. The molecular formula is C18H31N5. The monoisotopic (exact) mass is 317 g/mol. The van der Waals surface area contributed by atoms with Crippen LogP contribution in [0.2, 0.25) is 0 Å². The van der Waals surface area contributed by atoms with Crippen molar-refractivity contribution in [1.82, 2.24) is 20.2 Å². The maximum atomic E-state index is 4.67. The lowest BCUT2D eigenvalue weighted by Gasteiger charge is -2.23. The zero-order chi connectivity index (χ0) is 15.9. The molecule has 0 amide bonds. The molecule has 2 aliphatic rings. The van der Waals surface area contributed by atoms with Gasteiger partial charge in [0.25, 0.3) is 0 Å². The second-order valence-electron chi connectivity index (χ2n) is 6.95. The molecule has 1 unspecified atom stereocenters. The molecule has 0 aliphatic carbocycles. The molecule has 2 fully saturated rings. The Kier molecular flexibility index (Phi) is 6.22. The van der Waals surface area contributed by atoms with Gasteiger partial charge in [0.15, 0.2) is 0 Å². The summed E-state index contributed by atoms with van der Waals surface area (Å²) in [6, 6.07) is 2.16. The van der Waals surface area contributed by atoms with Gasteiger partial charge in [-0.1, -0.05) is 12.8 Å². The fraction of sp³-hybridized carbons (Fsp3) is 0.778. The van der Waals surface area contributed by atoms with Crippen LogP contribution >= 0.6 is 0 Å². The molecule has 3 rings (SSSR count). The summed E-state index contributed by atoms with van der Waals surface area (Å²) in [5.74, 6) is 2.41. The number of anilines is 1. The van der Waals surface area contributed by atoms with Gasteiger partial charge >= 0.3 is 0 Å². The summed E-state index contributed by atoms with van der Waals surface area (Å²) >= 11 is 0. The molecule has 5 nitrogen and oxygen atoms in total. The topological polar surface area (TPSA) is 53.1 Å². The summed E-state index contributed by atoms with van der Waals surface area (Å²) in [5.41, 5.74) is 1.20. The molecule has 1 aromatic rings.